The average molecular weight is 296 g/mol. The number of carbonyl (C=O) groups is 1. The van der Waals surface area contributed by atoms with E-state index in [9.17, 15) is 4.79 Å². The molecule has 2 aliphatic rings. The summed E-state index contributed by atoms with van der Waals surface area (Å²) in [6, 6.07) is 5.77. The van der Waals surface area contributed by atoms with Crippen LogP contribution >= 0.6 is 11.6 Å². The molecule has 0 bridgehead atoms. The van der Waals surface area contributed by atoms with Gasteiger partial charge >= 0.3 is 5.97 Å². The largest absolute Gasteiger partial charge is 0.492 e. The summed E-state index contributed by atoms with van der Waals surface area (Å²) in [4.78, 5) is 11.0. The van der Waals surface area contributed by atoms with Gasteiger partial charge in [-0.1, -0.05) is 17.7 Å². The molecule has 0 amide bonds. The molecule has 1 aliphatic heterocycles. The van der Waals surface area contributed by atoms with Crippen LogP contribution in [0.3, 0.4) is 0 Å². The molecule has 1 heterocycles. The number of hydrogen-bond donors (Lipinski definition) is 2. The van der Waals surface area contributed by atoms with Crippen LogP contribution in [0.2, 0.25) is 5.02 Å². The lowest BCUT2D eigenvalue weighted by molar-refractivity contribution is -0.141. The Morgan fingerprint density at radius 1 is 1.45 bits per heavy atom. The molecule has 1 saturated carbocycles. The van der Waals surface area contributed by atoms with Crippen molar-refractivity contribution >= 4 is 17.6 Å². The highest BCUT2D eigenvalue weighted by Gasteiger charge is 2.30. The van der Waals surface area contributed by atoms with E-state index in [0.29, 0.717) is 29.7 Å². The van der Waals surface area contributed by atoms with Crippen molar-refractivity contribution in [2.75, 3.05) is 13.2 Å². The second-order valence-electron chi connectivity index (χ2n) is 5.68. The number of nitrogens with one attached hydrogen (secondary N) is 1. The van der Waals surface area contributed by atoms with Gasteiger partial charge in [-0.05, 0) is 42.9 Å². The highest BCUT2D eigenvalue weighted by molar-refractivity contribution is 6.32. The monoisotopic (exact) mass is 295 g/mol. The first-order chi connectivity index (χ1) is 9.63. The number of carboxylic acids is 1. The van der Waals surface area contributed by atoms with Crippen molar-refractivity contribution in [2.45, 2.75) is 25.3 Å². The van der Waals surface area contributed by atoms with E-state index < -0.39 is 5.97 Å². The fourth-order valence-corrected chi connectivity index (χ4v) is 2.69. The maximum atomic E-state index is 11.0. The Balaban J connectivity index is 1.69. The lowest BCUT2D eigenvalue weighted by atomic mass is 10.00. The predicted octanol–water partition coefficient (Wildman–Crippen LogP) is 2.86. The van der Waals surface area contributed by atoms with Gasteiger partial charge in [0.2, 0.25) is 0 Å². The number of halogens is 1. The molecule has 2 atom stereocenters. The van der Waals surface area contributed by atoms with E-state index in [1.165, 1.54) is 12.8 Å². The Kier molecular flexibility index (Phi) is 3.85. The molecule has 1 aromatic carbocycles. The normalized spacial score (nSPS) is 25.6. The molecule has 4 nitrogen and oxygen atoms in total. The number of aliphatic carboxylic acids is 1. The van der Waals surface area contributed by atoms with Crippen molar-refractivity contribution in [2.24, 2.45) is 11.8 Å². The molecular formula is C15H18ClNO3. The summed E-state index contributed by atoms with van der Waals surface area (Å²) >= 11 is 6.15. The third-order valence-electron chi connectivity index (χ3n) is 4.01. The number of hydrogen-bond acceptors (Lipinski definition) is 3. The second-order valence-corrected chi connectivity index (χ2v) is 6.08. The standard InChI is InChI=1S/C15H18ClNO3/c16-12-4-3-10(6-14(12)20-8-9-1-2-9)13-5-11(7-17-13)15(18)19/h3-4,6,9,11,13,17H,1-2,5,7-8H2,(H,18,19). The second kappa shape index (κ2) is 5.62. The number of benzene rings is 1. The van der Waals surface area contributed by atoms with Crippen LogP contribution in [0.5, 0.6) is 5.75 Å². The van der Waals surface area contributed by atoms with E-state index in [-0.39, 0.29) is 12.0 Å². The molecule has 3 rings (SSSR count). The van der Waals surface area contributed by atoms with E-state index >= 15 is 0 Å². The van der Waals surface area contributed by atoms with Crippen LogP contribution in [-0.2, 0) is 4.79 Å². The topological polar surface area (TPSA) is 58.6 Å². The molecule has 1 saturated heterocycles. The molecule has 2 N–H and O–H groups in total. The van der Waals surface area contributed by atoms with E-state index in [1.807, 2.05) is 18.2 Å². The van der Waals surface area contributed by atoms with Gasteiger partial charge in [0.05, 0.1) is 17.5 Å². The van der Waals surface area contributed by atoms with E-state index in [0.717, 1.165) is 12.2 Å². The Morgan fingerprint density at radius 2 is 2.25 bits per heavy atom. The van der Waals surface area contributed by atoms with Gasteiger partial charge in [-0.2, -0.15) is 0 Å². The molecule has 0 radical (unpaired) electrons. The van der Waals surface area contributed by atoms with Crippen LogP contribution < -0.4 is 10.1 Å². The number of rotatable bonds is 5. The first kappa shape index (κ1) is 13.7. The van der Waals surface area contributed by atoms with E-state index in [2.05, 4.69) is 5.32 Å². The van der Waals surface area contributed by atoms with Gasteiger partial charge in [0, 0.05) is 12.6 Å². The van der Waals surface area contributed by atoms with Crippen LogP contribution in [0.15, 0.2) is 18.2 Å². The van der Waals surface area contributed by atoms with Crippen LogP contribution in [0.4, 0.5) is 0 Å². The maximum absolute atomic E-state index is 11.0. The Bertz CT molecular complexity index is 516. The minimum Gasteiger partial charge on any atom is -0.492 e. The van der Waals surface area contributed by atoms with Crippen molar-refractivity contribution in [3.05, 3.63) is 28.8 Å². The molecule has 108 valence electrons. The van der Waals surface area contributed by atoms with Crippen molar-refractivity contribution in [3.63, 3.8) is 0 Å². The SMILES string of the molecule is O=C(O)C1CNC(c2ccc(Cl)c(OCC3CC3)c2)C1. The van der Waals surface area contributed by atoms with Crippen LogP contribution in [0.25, 0.3) is 0 Å². The van der Waals surface area contributed by atoms with Crippen molar-refractivity contribution in [3.8, 4) is 5.75 Å². The average Bonchev–Trinajstić information content (AvgIpc) is 3.12. The number of ether oxygens (including phenoxy) is 1. The highest BCUT2D eigenvalue weighted by Crippen LogP contribution is 2.35. The van der Waals surface area contributed by atoms with Crippen molar-refractivity contribution in [1.82, 2.24) is 5.32 Å². The van der Waals surface area contributed by atoms with Crippen LogP contribution in [0, 0.1) is 11.8 Å². The van der Waals surface area contributed by atoms with Gasteiger partial charge in [-0.15, -0.1) is 0 Å². The lowest BCUT2D eigenvalue weighted by Crippen LogP contribution is -2.17. The number of carboxylic acid groups (broad SMARTS) is 1. The Labute approximate surface area is 123 Å². The van der Waals surface area contributed by atoms with Gasteiger partial charge < -0.3 is 15.2 Å². The molecule has 20 heavy (non-hydrogen) atoms. The summed E-state index contributed by atoms with van der Waals surface area (Å²) in [6.07, 6.45) is 3.09. The third-order valence-corrected chi connectivity index (χ3v) is 4.32. The van der Waals surface area contributed by atoms with Crippen LogP contribution in [-0.4, -0.2) is 24.2 Å². The molecule has 0 spiro atoms. The zero-order valence-electron chi connectivity index (χ0n) is 11.1. The Hall–Kier alpha value is -1.26. The molecule has 5 heteroatoms. The summed E-state index contributed by atoms with van der Waals surface area (Å²) in [5.41, 5.74) is 1.05. The summed E-state index contributed by atoms with van der Waals surface area (Å²) < 4.78 is 5.76. The first-order valence-electron chi connectivity index (χ1n) is 7.02. The molecular weight excluding hydrogens is 278 g/mol. The molecule has 0 aromatic heterocycles. The van der Waals surface area contributed by atoms with E-state index in [1.54, 1.807) is 0 Å². The van der Waals surface area contributed by atoms with E-state index in [4.69, 9.17) is 21.4 Å². The zero-order valence-corrected chi connectivity index (χ0v) is 11.9. The van der Waals surface area contributed by atoms with Gasteiger partial charge in [-0.25, -0.2) is 0 Å². The minimum atomic E-state index is -0.737. The highest BCUT2D eigenvalue weighted by atomic mass is 35.5. The van der Waals surface area contributed by atoms with Crippen molar-refractivity contribution < 1.29 is 14.6 Å². The fraction of sp³-hybridized carbons (Fsp3) is 0.533. The molecule has 2 fully saturated rings. The summed E-state index contributed by atoms with van der Waals surface area (Å²) in [5, 5.41) is 12.9. The minimum absolute atomic E-state index is 0.0663. The quantitative estimate of drug-likeness (QED) is 0.877. The zero-order chi connectivity index (χ0) is 14.1. The summed E-state index contributed by atoms with van der Waals surface area (Å²) in [7, 11) is 0. The lowest BCUT2D eigenvalue weighted by Gasteiger charge is -2.14. The van der Waals surface area contributed by atoms with Gasteiger partial charge in [0.1, 0.15) is 5.75 Å². The van der Waals surface area contributed by atoms with Gasteiger partial charge in [0.15, 0.2) is 0 Å². The van der Waals surface area contributed by atoms with Crippen LogP contribution in [0.1, 0.15) is 30.9 Å². The summed E-state index contributed by atoms with van der Waals surface area (Å²) in [5.74, 6) is 0.332. The molecule has 1 aliphatic carbocycles. The third kappa shape index (κ3) is 3.07. The first-order valence-corrected chi connectivity index (χ1v) is 7.39. The fourth-order valence-electron chi connectivity index (χ4n) is 2.52. The van der Waals surface area contributed by atoms with Gasteiger partial charge in [-0.3, -0.25) is 4.79 Å². The predicted molar refractivity (Wildman–Crippen MR) is 76.2 cm³/mol. The van der Waals surface area contributed by atoms with Crippen molar-refractivity contribution in [1.29, 1.82) is 0 Å². The smallest absolute Gasteiger partial charge is 0.307 e. The maximum Gasteiger partial charge on any atom is 0.307 e. The summed E-state index contributed by atoms with van der Waals surface area (Å²) in [6.45, 7) is 1.24. The Morgan fingerprint density at radius 3 is 2.90 bits per heavy atom. The molecule has 2 unspecified atom stereocenters. The van der Waals surface area contributed by atoms with Gasteiger partial charge in [0.25, 0.3) is 0 Å². The molecule has 1 aromatic rings.